The van der Waals surface area contributed by atoms with Gasteiger partial charge in [0, 0.05) is 23.8 Å². The normalized spacial score (nSPS) is 22.9. The van der Waals surface area contributed by atoms with Crippen molar-refractivity contribution in [1.29, 1.82) is 0 Å². The number of carboxylic acid groups (broad SMARTS) is 1. The Labute approximate surface area is 147 Å². The molecule has 0 saturated carbocycles. The van der Waals surface area contributed by atoms with Gasteiger partial charge in [-0.2, -0.15) is 0 Å². The first-order valence-corrected chi connectivity index (χ1v) is 7.53. The Morgan fingerprint density at radius 1 is 1.28 bits per heavy atom. The fourth-order valence-corrected chi connectivity index (χ4v) is 2.59. The van der Waals surface area contributed by atoms with Gasteiger partial charge in [-0.05, 0) is 25.0 Å². The molecule has 136 valence electrons. The maximum atomic E-state index is 12.7. The number of rotatable bonds is 6. The molecule has 1 aliphatic heterocycles. The van der Waals surface area contributed by atoms with Crippen LogP contribution in [0.25, 0.3) is 0 Å². The molecule has 0 aromatic carbocycles. The van der Waals surface area contributed by atoms with E-state index in [-0.39, 0.29) is 30.5 Å². The summed E-state index contributed by atoms with van der Waals surface area (Å²) in [7, 11) is 0. The van der Waals surface area contributed by atoms with Crippen LogP contribution in [-0.4, -0.2) is 46.5 Å². The Bertz CT molecular complexity index is 646. The number of hydrogen-bond donors (Lipinski definition) is 3. The summed E-state index contributed by atoms with van der Waals surface area (Å²) < 4.78 is 3.70. The van der Waals surface area contributed by atoms with Crippen LogP contribution in [0.2, 0.25) is 0 Å². The van der Waals surface area contributed by atoms with E-state index < -0.39 is 29.9 Å². The highest BCUT2D eigenvalue weighted by atomic mass is 35.5. The number of hydrogen-bond acceptors (Lipinski definition) is 8. The monoisotopic (exact) mass is 373 g/mol. The van der Waals surface area contributed by atoms with Crippen molar-refractivity contribution < 1.29 is 33.8 Å². The first-order valence-electron chi connectivity index (χ1n) is 7.22. The second kappa shape index (κ2) is 8.74. The highest BCUT2D eigenvalue weighted by Crippen LogP contribution is 2.22. The predicted molar refractivity (Wildman–Crippen MR) is 82.9 cm³/mol. The van der Waals surface area contributed by atoms with Crippen LogP contribution >= 0.6 is 11.9 Å². The number of allylic oxidation sites excluding steroid dienone is 2. The molecule has 1 heterocycles. The molecule has 4 N–H and O–H groups in total. The smallest absolute Gasteiger partial charge is 0.350 e. The molecule has 0 spiro atoms. The molecule has 2 unspecified atom stereocenters. The first kappa shape index (κ1) is 19.1. The Morgan fingerprint density at radius 3 is 2.64 bits per heavy atom. The van der Waals surface area contributed by atoms with Gasteiger partial charge >= 0.3 is 11.9 Å². The number of carboxylic acids is 1. The molecule has 25 heavy (non-hydrogen) atoms. The zero-order valence-electron chi connectivity index (χ0n) is 12.9. The Morgan fingerprint density at radius 2 is 1.96 bits per heavy atom. The SMILES string of the molecule is NC1CC(C(=O)ONOOCl)N(C(=O)C2=CCC=C(C(=O)O)C=C2)C1. The van der Waals surface area contributed by atoms with Crippen molar-refractivity contribution in [2.75, 3.05) is 6.54 Å². The summed E-state index contributed by atoms with van der Waals surface area (Å²) >= 11 is 4.78. The van der Waals surface area contributed by atoms with Gasteiger partial charge in [0.1, 0.15) is 17.9 Å². The Kier molecular flexibility index (Phi) is 6.67. The number of nitrogens with one attached hydrogen (secondary N) is 1. The largest absolute Gasteiger partial charge is 0.478 e. The molecule has 1 aliphatic carbocycles. The van der Waals surface area contributed by atoms with E-state index in [2.05, 4.69) is 14.3 Å². The summed E-state index contributed by atoms with van der Waals surface area (Å²) in [5, 5.41) is 9.00. The Balaban J connectivity index is 2.08. The summed E-state index contributed by atoms with van der Waals surface area (Å²) in [5.41, 5.74) is 7.89. The number of likely N-dealkylation sites (tertiary alicyclic amines) is 1. The van der Waals surface area contributed by atoms with Crippen molar-refractivity contribution in [3.63, 3.8) is 0 Å². The van der Waals surface area contributed by atoms with E-state index in [0.717, 1.165) is 0 Å². The lowest BCUT2D eigenvalue weighted by molar-refractivity contribution is -0.331. The van der Waals surface area contributed by atoms with Crippen LogP contribution in [-0.2, 0) is 28.6 Å². The van der Waals surface area contributed by atoms with Gasteiger partial charge in [-0.1, -0.05) is 21.6 Å². The molecule has 0 bridgehead atoms. The lowest BCUT2D eigenvalue weighted by Gasteiger charge is -2.23. The zero-order valence-corrected chi connectivity index (χ0v) is 13.6. The van der Waals surface area contributed by atoms with E-state index in [9.17, 15) is 14.4 Å². The highest BCUT2D eigenvalue weighted by molar-refractivity contribution is 6.06. The molecule has 2 atom stereocenters. The summed E-state index contributed by atoms with van der Waals surface area (Å²) in [6.45, 7) is 0.149. The third kappa shape index (κ3) is 4.87. The third-order valence-corrected chi connectivity index (χ3v) is 3.75. The van der Waals surface area contributed by atoms with Crippen LogP contribution in [0.1, 0.15) is 12.8 Å². The molecule has 1 saturated heterocycles. The van der Waals surface area contributed by atoms with Crippen molar-refractivity contribution in [2.24, 2.45) is 5.73 Å². The number of nitrogens with two attached hydrogens (primary N) is 1. The minimum atomic E-state index is -1.09. The minimum absolute atomic E-state index is 0.0792. The molecule has 1 fully saturated rings. The fraction of sp³-hybridized carbons (Fsp3) is 0.357. The average Bonchev–Trinajstić information content (AvgIpc) is 2.81. The van der Waals surface area contributed by atoms with E-state index in [4.69, 9.17) is 22.7 Å². The van der Waals surface area contributed by atoms with E-state index in [0.29, 0.717) is 0 Å². The van der Waals surface area contributed by atoms with Crippen LogP contribution < -0.4 is 11.4 Å². The summed E-state index contributed by atoms with van der Waals surface area (Å²) in [4.78, 5) is 45.6. The lowest BCUT2D eigenvalue weighted by atomic mass is 10.1. The molecule has 11 heteroatoms. The van der Waals surface area contributed by atoms with Crippen molar-refractivity contribution in [1.82, 2.24) is 10.5 Å². The van der Waals surface area contributed by atoms with Crippen LogP contribution in [0, 0.1) is 0 Å². The molecular formula is C14H16ClN3O7. The number of carbonyl (C=O) groups is 3. The quantitative estimate of drug-likeness (QED) is 0.330. The van der Waals surface area contributed by atoms with Crippen LogP contribution in [0.5, 0.6) is 0 Å². The number of halogens is 1. The Hall–Kier alpha value is -2.24. The number of nitrogens with zero attached hydrogens (tertiary/aromatic N) is 1. The van der Waals surface area contributed by atoms with Crippen molar-refractivity contribution in [3.8, 4) is 0 Å². The third-order valence-electron chi connectivity index (χ3n) is 3.69. The second-order valence-corrected chi connectivity index (χ2v) is 5.44. The summed E-state index contributed by atoms with van der Waals surface area (Å²) in [6.07, 6.45) is 6.24. The number of amides is 1. The highest BCUT2D eigenvalue weighted by Gasteiger charge is 2.40. The van der Waals surface area contributed by atoms with Crippen LogP contribution in [0.4, 0.5) is 0 Å². The van der Waals surface area contributed by atoms with Crippen molar-refractivity contribution in [3.05, 3.63) is 35.5 Å². The minimum Gasteiger partial charge on any atom is -0.478 e. The average molecular weight is 374 g/mol. The molecule has 2 aliphatic rings. The standard InChI is InChI=1S/C14H16ClN3O7/c15-24-25-17-23-14(22)11-6-10(16)7-18(11)12(19)8-2-1-3-9(5-4-8)13(20)21/h2-5,10-11,17H,1,6-7,16H2,(H,20,21). The maximum absolute atomic E-state index is 12.7. The van der Waals surface area contributed by atoms with Gasteiger partial charge in [-0.15, -0.1) is 0 Å². The second-order valence-electron chi connectivity index (χ2n) is 5.31. The van der Waals surface area contributed by atoms with Gasteiger partial charge in [-0.25, -0.2) is 9.59 Å². The molecule has 0 aromatic rings. The summed E-state index contributed by atoms with van der Waals surface area (Å²) in [5.74, 6) is -2.35. The van der Waals surface area contributed by atoms with Gasteiger partial charge in [-0.3, -0.25) is 4.79 Å². The van der Waals surface area contributed by atoms with Gasteiger partial charge in [0.15, 0.2) is 0 Å². The van der Waals surface area contributed by atoms with Gasteiger partial charge in [0.2, 0.25) is 0 Å². The molecule has 10 nitrogen and oxygen atoms in total. The van der Waals surface area contributed by atoms with Crippen molar-refractivity contribution >= 4 is 29.7 Å². The topological polar surface area (TPSA) is 140 Å². The van der Waals surface area contributed by atoms with E-state index in [1.807, 2.05) is 0 Å². The van der Waals surface area contributed by atoms with Crippen LogP contribution in [0.15, 0.2) is 35.5 Å². The van der Waals surface area contributed by atoms with E-state index >= 15 is 0 Å². The van der Waals surface area contributed by atoms with Gasteiger partial charge in [0.05, 0.1) is 5.57 Å². The summed E-state index contributed by atoms with van der Waals surface area (Å²) in [6, 6.07) is -1.34. The molecule has 0 radical (unpaired) electrons. The number of aliphatic carboxylic acids is 1. The number of carbonyl (C=O) groups excluding carboxylic acids is 2. The van der Waals surface area contributed by atoms with Gasteiger partial charge in [0.25, 0.3) is 5.91 Å². The predicted octanol–water partition coefficient (Wildman–Crippen LogP) is -0.123. The van der Waals surface area contributed by atoms with E-state index in [1.54, 1.807) is 11.7 Å². The van der Waals surface area contributed by atoms with E-state index in [1.165, 1.54) is 23.1 Å². The first-order chi connectivity index (χ1) is 11.9. The van der Waals surface area contributed by atoms with Gasteiger partial charge < -0.3 is 20.6 Å². The zero-order chi connectivity index (χ0) is 18.4. The molecule has 2 rings (SSSR count). The van der Waals surface area contributed by atoms with Crippen LogP contribution in [0.3, 0.4) is 0 Å². The lowest BCUT2D eigenvalue weighted by Crippen LogP contribution is -2.43. The van der Waals surface area contributed by atoms with Crippen molar-refractivity contribution in [2.45, 2.75) is 24.9 Å². The molecule has 0 aromatic heterocycles. The molecular weight excluding hydrogens is 358 g/mol. The maximum Gasteiger partial charge on any atom is 0.350 e. The fourth-order valence-electron chi connectivity index (χ4n) is 2.57. The molecule has 1 amide bonds.